The number of aromatic nitrogens is 2. The number of hydrogen-bond acceptors (Lipinski definition) is 3. The van der Waals surface area contributed by atoms with Crippen molar-refractivity contribution in [1.29, 1.82) is 0 Å². The van der Waals surface area contributed by atoms with Crippen LogP contribution in [0.1, 0.15) is 66.5 Å². The molecule has 1 aromatic heterocycles. The molecule has 0 aliphatic rings. The zero-order valence-corrected chi connectivity index (χ0v) is 14.3. The average molecular weight is 278 g/mol. The first-order chi connectivity index (χ1) is 8.71. The lowest BCUT2D eigenvalue weighted by atomic mass is 9.81. The van der Waals surface area contributed by atoms with Crippen LogP contribution in [-0.2, 0) is 10.8 Å². The topological polar surface area (TPSA) is 25.8 Å². The van der Waals surface area contributed by atoms with Crippen molar-refractivity contribution in [3.8, 4) is 0 Å². The standard InChI is InChI=1S/C14H20N2S.C2H6/c1-13(2,3)9-7-8-10(14(4,5)6)12-11(9)15-17-16-12;1-2/h7-8H,1-6H3;1-2H3. The van der Waals surface area contributed by atoms with E-state index in [1.54, 1.807) is 0 Å². The highest BCUT2D eigenvalue weighted by Crippen LogP contribution is 2.35. The van der Waals surface area contributed by atoms with Gasteiger partial charge in [-0.05, 0) is 22.0 Å². The summed E-state index contributed by atoms with van der Waals surface area (Å²) in [6, 6.07) is 4.43. The third-order valence-corrected chi connectivity index (χ3v) is 3.56. The Balaban J connectivity index is 0.000000861. The summed E-state index contributed by atoms with van der Waals surface area (Å²) < 4.78 is 8.98. The lowest BCUT2D eigenvalue weighted by Crippen LogP contribution is -2.16. The lowest BCUT2D eigenvalue weighted by Gasteiger charge is -2.23. The molecule has 0 aliphatic heterocycles. The van der Waals surface area contributed by atoms with E-state index in [0.29, 0.717) is 0 Å². The van der Waals surface area contributed by atoms with E-state index in [9.17, 15) is 0 Å². The van der Waals surface area contributed by atoms with Gasteiger partial charge >= 0.3 is 0 Å². The van der Waals surface area contributed by atoms with Crippen molar-refractivity contribution in [3.63, 3.8) is 0 Å². The minimum atomic E-state index is 0.115. The largest absolute Gasteiger partial charge is 0.173 e. The zero-order chi connectivity index (χ0) is 14.8. The van der Waals surface area contributed by atoms with Gasteiger partial charge < -0.3 is 0 Å². The minimum Gasteiger partial charge on any atom is -0.173 e. The first-order valence-electron chi connectivity index (χ1n) is 6.97. The fraction of sp³-hybridized carbons (Fsp3) is 0.625. The van der Waals surface area contributed by atoms with E-state index < -0.39 is 0 Å². The molecule has 0 amide bonds. The molecule has 0 aliphatic carbocycles. The molecule has 1 aromatic carbocycles. The number of rotatable bonds is 0. The normalized spacial score (nSPS) is 12.2. The Morgan fingerprint density at radius 1 is 0.737 bits per heavy atom. The van der Waals surface area contributed by atoms with Crippen LogP contribution in [0.25, 0.3) is 11.0 Å². The molecule has 0 saturated carbocycles. The fourth-order valence-electron chi connectivity index (χ4n) is 2.08. The van der Waals surface area contributed by atoms with E-state index in [1.165, 1.54) is 22.9 Å². The Kier molecular flexibility index (Phi) is 4.72. The monoisotopic (exact) mass is 278 g/mol. The molecule has 3 heteroatoms. The molecule has 106 valence electrons. The van der Waals surface area contributed by atoms with E-state index in [0.717, 1.165) is 11.0 Å². The summed E-state index contributed by atoms with van der Waals surface area (Å²) in [7, 11) is 0. The molecule has 2 rings (SSSR count). The second-order valence-corrected chi connectivity index (χ2v) is 7.15. The summed E-state index contributed by atoms with van der Waals surface area (Å²) in [5.74, 6) is 0. The molecule has 0 atom stereocenters. The highest BCUT2D eigenvalue weighted by Gasteiger charge is 2.24. The molecule has 0 saturated heterocycles. The predicted molar refractivity (Wildman–Crippen MR) is 86.2 cm³/mol. The maximum Gasteiger partial charge on any atom is 0.108 e. The van der Waals surface area contributed by atoms with Gasteiger partial charge in [0.1, 0.15) is 11.0 Å². The molecule has 1 heterocycles. The van der Waals surface area contributed by atoms with Crippen molar-refractivity contribution >= 4 is 22.8 Å². The Morgan fingerprint density at radius 2 is 1.05 bits per heavy atom. The van der Waals surface area contributed by atoms with Gasteiger partial charge in [0.2, 0.25) is 0 Å². The van der Waals surface area contributed by atoms with E-state index in [1.807, 2.05) is 13.8 Å². The van der Waals surface area contributed by atoms with Crippen LogP contribution in [0.4, 0.5) is 0 Å². The maximum atomic E-state index is 4.49. The first kappa shape index (κ1) is 16.1. The smallest absolute Gasteiger partial charge is 0.108 e. The molecular formula is C16H26N2S. The average Bonchev–Trinajstić information content (AvgIpc) is 2.76. The molecule has 2 aromatic rings. The fourth-order valence-corrected chi connectivity index (χ4v) is 2.65. The summed E-state index contributed by atoms with van der Waals surface area (Å²) in [6.07, 6.45) is 0. The van der Waals surface area contributed by atoms with Gasteiger partial charge in [0.25, 0.3) is 0 Å². The Morgan fingerprint density at radius 3 is 1.32 bits per heavy atom. The molecule has 0 bridgehead atoms. The van der Waals surface area contributed by atoms with Gasteiger partial charge in [-0.15, -0.1) is 0 Å². The third kappa shape index (κ3) is 3.33. The molecule has 0 spiro atoms. The van der Waals surface area contributed by atoms with Crippen molar-refractivity contribution in [2.45, 2.75) is 66.2 Å². The molecule has 0 fully saturated rings. The summed E-state index contributed by atoms with van der Waals surface area (Å²) in [4.78, 5) is 0. The zero-order valence-electron chi connectivity index (χ0n) is 13.5. The second kappa shape index (κ2) is 5.58. The molecule has 19 heavy (non-hydrogen) atoms. The van der Waals surface area contributed by atoms with Crippen molar-refractivity contribution in [1.82, 2.24) is 8.75 Å². The Hall–Kier alpha value is -0.960. The van der Waals surface area contributed by atoms with Crippen LogP contribution in [0.2, 0.25) is 0 Å². The quantitative estimate of drug-likeness (QED) is 0.652. The summed E-state index contributed by atoms with van der Waals surface area (Å²) in [5.41, 5.74) is 4.96. The predicted octanol–water partition coefficient (Wildman–Crippen LogP) is 5.31. The number of benzene rings is 1. The van der Waals surface area contributed by atoms with Gasteiger partial charge in [-0.25, -0.2) is 0 Å². The molecular weight excluding hydrogens is 252 g/mol. The van der Waals surface area contributed by atoms with E-state index in [4.69, 9.17) is 0 Å². The van der Waals surface area contributed by atoms with Gasteiger partial charge in [-0.1, -0.05) is 67.5 Å². The summed E-state index contributed by atoms with van der Waals surface area (Å²) >= 11 is 1.31. The van der Waals surface area contributed by atoms with Crippen LogP contribution in [0.3, 0.4) is 0 Å². The van der Waals surface area contributed by atoms with Gasteiger partial charge in [0, 0.05) is 0 Å². The minimum absolute atomic E-state index is 0.115. The van der Waals surface area contributed by atoms with Gasteiger partial charge in [0.15, 0.2) is 0 Å². The van der Waals surface area contributed by atoms with Crippen LogP contribution >= 0.6 is 11.7 Å². The number of nitrogens with zero attached hydrogens (tertiary/aromatic N) is 2. The summed E-state index contributed by atoms with van der Waals surface area (Å²) in [5, 5.41) is 0. The van der Waals surface area contributed by atoms with Gasteiger partial charge in [-0.2, -0.15) is 8.75 Å². The molecule has 0 unspecified atom stereocenters. The third-order valence-electron chi connectivity index (χ3n) is 3.03. The van der Waals surface area contributed by atoms with Crippen LogP contribution in [0.5, 0.6) is 0 Å². The summed E-state index contributed by atoms with van der Waals surface area (Å²) in [6.45, 7) is 17.3. The van der Waals surface area contributed by atoms with E-state index in [-0.39, 0.29) is 10.8 Å². The van der Waals surface area contributed by atoms with E-state index >= 15 is 0 Å². The molecule has 0 N–H and O–H groups in total. The van der Waals surface area contributed by atoms with Crippen molar-refractivity contribution in [2.24, 2.45) is 0 Å². The number of hydrogen-bond donors (Lipinski definition) is 0. The highest BCUT2D eigenvalue weighted by molar-refractivity contribution is 7.00. The van der Waals surface area contributed by atoms with Crippen LogP contribution in [0, 0.1) is 0 Å². The van der Waals surface area contributed by atoms with Crippen molar-refractivity contribution in [2.75, 3.05) is 0 Å². The van der Waals surface area contributed by atoms with Crippen LogP contribution in [0.15, 0.2) is 12.1 Å². The SMILES string of the molecule is CC.CC(C)(C)c1ccc(C(C)(C)C)c2nsnc12. The number of fused-ring (bicyclic) bond motifs is 1. The first-order valence-corrected chi connectivity index (χ1v) is 7.70. The highest BCUT2D eigenvalue weighted by atomic mass is 32.1. The van der Waals surface area contributed by atoms with Crippen LogP contribution in [-0.4, -0.2) is 8.75 Å². The van der Waals surface area contributed by atoms with Gasteiger partial charge in [-0.3, -0.25) is 0 Å². The molecule has 0 radical (unpaired) electrons. The van der Waals surface area contributed by atoms with E-state index in [2.05, 4.69) is 62.4 Å². The van der Waals surface area contributed by atoms with Crippen LogP contribution < -0.4 is 0 Å². The van der Waals surface area contributed by atoms with Crippen molar-refractivity contribution < 1.29 is 0 Å². The maximum absolute atomic E-state index is 4.49. The molecule has 2 nitrogen and oxygen atoms in total. The van der Waals surface area contributed by atoms with Crippen molar-refractivity contribution in [3.05, 3.63) is 23.3 Å². The second-order valence-electron chi connectivity index (χ2n) is 6.62. The Bertz CT molecular complexity index is 494. The lowest BCUT2D eigenvalue weighted by molar-refractivity contribution is 0.584. The Labute approximate surface area is 121 Å². The van der Waals surface area contributed by atoms with Gasteiger partial charge in [0.05, 0.1) is 11.7 Å².